The number of hydrazone groups is 1. The van der Waals surface area contributed by atoms with Crippen LogP contribution in [0.2, 0.25) is 5.02 Å². The summed E-state index contributed by atoms with van der Waals surface area (Å²) in [4.78, 5) is 15.8. The van der Waals surface area contributed by atoms with E-state index in [1.165, 1.54) is 19.4 Å². The summed E-state index contributed by atoms with van der Waals surface area (Å²) in [7, 11) is 1.44. The molecule has 0 bridgehead atoms. The van der Waals surface area contributed by atoms with Crippen LogP contribution in [0.15, 0.2) is 65.9 Å². The van der Waals surface area contributed by atoms with Gasteiger partial charge in [-0.05, 0) is 48.0 Å². The van der Waals surface area contributed by atoms with Crippen molar-refractivity contribution in [2.75, 3.05) is 24.5 Å². The van der Waals surface area contributed by atoms with Crippen molar-refractivity contribution >= 4 is 35.2 Å². The van der Waals surface area contributed by atoms with Gasteiger partial charge in [-0.25, -0.2) is 4.98 Å². The van der Waals surface area contributed by atoms with Gasteiger partial charge in [-0.15, -0.1) is 0 Å². The van der Waals surface area contributed by atoms with Crippen LogP contribution >= 0.6 is 11.6 Å². The average Bonchev–Trinajstić information content (AvgIpc) is 2.79. The van der Waals surface area contributed by atoms with E-state index in [0.717, 1.165) is 12.3 Å². The number of nitrogens with zero attached hydrogens (tertiary/aromatic N) is 2. The number of nitrogens with one attached hydrogen (secondary N) is 2. The minimum atomic E-state index is -4.45. The van der Waals surface area contributed by atoms with E-state index < -0.39 is 17.6 Å². The molecule has 0 unspecified atom stereocenters. The fourth-order valence-electron chi connectivity index (χ4n) is 2.58. The molecule has 0 aliphatic carbocycles. The summed E-state index contributed by atoms with van der Waals surface area (Å²) < 4.78 is 48.5. The molecule has 33 heavy (non-hydrogen) atoms. The van der Waals surface area contributed by atoms with E-state index in [2.05, 4.69) is 20.8 Å². The first kappa shape index (κ1) is 23.9. The van der Waals surface area contributed by atoms with Gasteiger partial charge in [0.05, 0.1) is 29.6 Å². The third-order valence-electron chi connectivity index (χ3n) is 4.18. The fraction of sp³-hybridized carbons (Fsp3) is 0.136. The molecule has 2 aromatic carbocycles. The number of hydrogen-bond acceptors (Lipinski definition) is 6. The highest BCUT2D eigenvalue weighted by atomic mass is 35.5. The number of aromatic nitrogens is 1. The van der Waals surface area contributed by atoms with Crippen molar-refractivity contribution in [3.63, 3.8) is 0 Å². The van der Waals surface area contributed by atoms with Crippen molar-refractivity contribution in [2.24, 2.45) is 5.10 Å². The third-order valence-corrected chi connectivity index (χ3v) is 4.51. The summed E-state index contributed by atoms with van der Waals surface area (Å²) in [6.07, 6.45) is -2.31. The molecule has 0 saturated heterocycles. The van der Waals surface area contributed by atoms with Gasteiger partial charge in [0.2, 0.25) is 0 Å². The second-order valence-corrected chi connectivity index (χ2v) is 6.93. The van der Waals surface area contributed by atoms with E-state index >= 15 is 0 Å². The molecule has 1 aromatic heterocycles. The van der Waals surface area contributed by atoms with Crippen LogP contribution in [-0.4, -0.2) is 30.8 Å². The summed E-state index contributed by atoms with van der Waals surface area (Å²) in [6, 6.07) is 13.8. The first-order chi connectivity index (χ1) is 15.8. The Morgan fingerprint density at radius 2 is 1.94 bits per heavy atom. The maximum absolute atomic E-state index is 12.6. The molecule has 0 aliphatic heterocycles. The highest BCUT2D eigenvalue weighted by Crippen LogP contribution is 2.29. The number of rotatable bonds is 8. The largest absolute Gasteiger partial charge is 0.493 e. The minimum Gasteiger partial charge on any atom is -0.493 e. The van der Waals surface area contributed by atoms with Gasteiger partial charge in [-0.2, -0.15) is 18.3 Å². The molecule has 3 rings (SSSR count). The smallest absolute Gasteiger partial charge is 0.417 e. The quantitative estimate of drug-likeness (QED) is 0.342. The summed E-state index contributed by atoms with van der Waals surface area (Å²) in [5, 5.41) is 7.01. The number of benzene rings is 2. The number of carbonyl (C=O) groups is 1. The van der Waals surface area contributed by atoms with Crippen LogP contribution in [-0.2, 0) is 11.0 Å². The lowest BCUT2D eigenvalue weighted by Crippen LogP contribution is -2.20. The lowest BCUT2D eigenvalue weighted by Gasteiger charge is -2.12. The van der Waals surface area contributed by atoms with Gasteiger partial charge in [-0.1, -0.05) is 23.7 Å². The van der Waals surface area contributed by atoms with E-state index in [4.69, 9.17) is 21.1 Å². The Morgan fingerprint density at radius 3 is 2.61 bits per heavy atom. The number of anilines is 2. The molecule has 172 valence electrons. The van der Waals surface area contributed by atoms with Gasteiger partial charge in [0, 0.05) is 6.20 Å². The Hall–Kier alpha value is -3.79. The first-order valence-electron chi connectivity index (χ1n) is 9.44. The molecule has 0 saturated carbocycles. The van der Waals surface area contributed by atoms with E-state index in [-0.39, 0.29) is 12.4 Å². The molecular weight excluding hydrogens is 461 g/mol. The predicted molar refractivity (Wildman–Crippen MR) is 119 cm³/mol. The molecule has 1 amide bonds. The summed E-state index contributed by atoms with van der Waals surface area (Å²) in [5.41, 5.74) is 2.78. The maximum Gasteiger partial charge on any atom is 0.417 e. The topological polar surface area (TPSA) is 84.8 Å². The Morgan fingerprint density at radius 1 is 1.15 bits per heavy atom. The molecule has 0 radical (unpaired) electrons. The highest BCUT2D eigenvalue weighted by Gasteiger charge is 2.30. The lowest BCUT2D eigenvalue weighted by atomic mass is 10.2. The number of para-hydroxylation sites is 1. The Labute approximate surface area is 192 Å². The number of hydrogen-bond donors (Lipinski definition) is 2. The molecule has 11 heteroatoms. The van der Waals surface area contributed by atoms with Crippen molar-refractivity contribution < 1.29 is 27.4 Å². The van der Waals surface area contributed by atoms with Crippen LogP contribution in [0.4, 0.5) is 24.7 Å². The van der Waals surface area contributed by atoms with Crippen LogP contribution in [0.5, 0.6) is 11.5 Å². The number of methoxy groups -OCH3 is 1. The molecule has 0 spiro atoms. The summed E-state index contributed by atoms with van der Waals surface area (Å²) in [6.45, 7) is -0.268. The van der Waals surface area contributed by atoms with Crippen molar-refractivity contribution in [3.05, 3.63) is 76.9 Å². The van der Waals surface area contributed by atoms with Gasteiger partial charge in [0.25, 0.3) is 5.91 Å². The number of amides is 1. The van der Waals surface area contributed by atoms with Crippen molar-refractivity contribution in [1.29, 1.82) is 0 Å². The van der Waals surface area contributed by atoms with E-state index in [0.29, 0.717) is 27.8 Å². The van der Waals surface area contributed by atoms with Gasteiger partial charge < -0.3 is 14.8 Å². The van der Waals surface area contributed by atoms with Crippen LogP contribution in [0.1, 0.15) is 11.1 Å². The van der Waals surface area contributed by atoms with Crippen LogP contribution in [0.3, 0.4) is 0 Å². The Kier molecular flexibility index (Phi) is 7.73. The van der Waals surface area contributed by atoms with Gasteiger partial charge in [-0.3, -0.25) is 10.2 Å². The summed E-state index contributed by atoms with van der Waals surface area (Å²) >= 11 is 6.01. The van der Waals surface area contributed by atoms with Crippen molar-refractivity contribution in [1.82, 2.24) is 4.98 Å². The first-order valence-corrected chi connectivity index (χ1v) is 9.81. The predicted octanol–water partition coefficient (Wildman–Crippen LogP) is 5.23. The van der Waals surface area contributed by atoms with E-state index in [1.807, 2.05) is 0 Å². The fourth-order valence-corrected chi connectivity index (χ4v) is 2.76. The Balaban J connectivity index is 1.57. The molecule has 3 aromatic rings. The second-order valence-electron chi connectivity index (χ2n) is 6.53. The van der Waals surface area contributed by atoms with Crippen LogP contribution < -0.4 is 20.2 Å². The van der Waals surface area contributed by atoms with Crippen LogP contribution in [0.25, 0.3) is 0 Å². The van der Waals surface area contributed by atoms with Crippen LogP contribution in [0, 0.1) is 0 Å². The molecule has 0 atom stereocenters. The molecule has 0 fully saturated rings. The average molecular weight is 479 g/mol. The molecule has 7 nitrogen and oxygen atoms in total. The normalized spacial score (nSPS) is 11.3. The van der Waals surface area contributed by atoms with Gasteiger partial charge in [0.15, 0.2) is 18.1 Å². The zero-order chi connectivity index (χ0) is 23.8. The Bertz CT molecular complexity index is 1140. The van der Waals surface area contributed by atoms with E-state index in [1.54, 1.807) is 42.5 Å². The van der Waals surface area contributed by atoms with Gasteiger partial charge in [0.1, 0.15) is 5.82 Å². The standard InChI is InChI=1S/C22H18ClF3N4O3/c1-32-19-10-14(11-28-30-20-9-7-15(12-27-20)22(24,25)26)6-8-18(19)33-13-21(31)29-17-5-3-2-4-16(17)23/h2-12H,13H2,1H3,(H,27,30)(H,29,31). The SMILES string of the molecule is COc1cc(C=NNc2ccc(C(F)(F)F)cn2)ccc1OCC(=O)Nc1ccccc1Cl. The van der Waals surface area contributed by atoms with Crippen molar-refractivity contribution in [2.45, 2.75) is 6.18 Å². The lowest BCUT2D eigenvalue weighted by molar-refractivity contribution is -0.137. The third kappa shape index (κ3) is 6.84. The maximum atomic E-state index is 12.6. The number of ether oxygens (including phenoxy) is 2. The number of carbonyl (C=O) groups excluding carboxylic acids is 1. The van der Waals surface area contributed by atoms with Crippen molar-refractivity contribution in [3.8, 4) is 11.5 Å². The molecule has 1 heterocycles. The number of alkyl halides is 3. The number of pyridine rings is 1. The second kappa shape index (κ2) is 10.7. The summed E-state index contributed by atoms with van der Waals surface area (Å²) in [5.74, 6) is 0.443. The zero-order valence-electron chi connectivity index (χ0n) is 17.2. The minimum absolute atomic E-state index is 0.149. The van der Waals surface area contributed by atoms with Gasteiger partial charge >= 0.3 is 6.18 Å². The van der Waals surface area contributed by atoms with E-state index in [9.17, 15) is 18.0 Å². The molecule has 2 N–H and O–H groups in total. The molecular formula is C22H18ClF3N4O3. The highest BCUT2D eigenvalue weighted by molar-refractivity contribution is 6.33. The molecule has 0 aliphatic rings. The number of halogens is 4. The monoisotopic (exact) mass is 478 g/mol. The zero-order valence-corrected chi connectivity index (χ0v) is 17.9.